The Labute approximate surface area is 85.5 Å². The van der Waals surface area contributed by atoms with E-state index in [1.54, 1.807) is 0 Å². The van der Waals surface area contributed by atoms with Crippen LogP contribution in [0.1, 0.15) is 12.0 Å². The first-order valence-corrected chi connectivity index (χ1v) is 4.27. The molecule has 0 aliphatic carbocycles. The number of hydrogen-bond donors (Lipinski definition) is 1. The van der Waals surface area contributed by atoms with Gasteiger partial charge in [0.05, 0.1) is 6.07 Å². The van der Waals surface area contributed by atoms with Crippen LogP contribution in [0.25, 0.3) is 0 Å². The fourth-order valence-corrected chi connectivity index (χ4v) is 1.12. The predicted octanol–water partition coefficient (Wildman–Crippen LogP) is 2.45. The maximum absolute atomic E-state index is 11.8. The summed E-state index contributed by atoms with van der Waals surface area (Å²) in [7, 11) is 0. The molecule has 80 valence electrons. The van der Waals surface area contributed by atoms with Crippen molar-refractivity contribution in [2.24, 2.45) is 0 Å². The molecule has 0 amide bonds. The Hall–Kier alpha value is -1.83. The van der Waals surface area contributed by atoms with E-state index in [4.69, 9.17) is 5.26 Å². The van der Waals surface area contributed by atoms with Gasteiger partial charge in [-0.25, -0.2) is 0 Å². The molecular formula is C10H9F2NO2. The third kappa shape index (κ3) is 3.43. The summed E-state index contributed by atoms with van der Waals surface area (Å²) in [4.78, 5) is 0. The normalized spacial score (nSPS) is 10.0. The molecule has 0 radical (unpaired) electrons. The molecule has 0 saturated carbocycles. The van der Waals surface area contributed by atoms with Gasteiger partial charge in [0.1, 0.15) is 11.5 Å². The van der Waals surface area contributed by atoms with E-state index >= 15 is 0 Å². The van der Waals surface area contributed by atoms with Gasteiger partial charge in [-0.15, -0.1) is 0 Å². The Morgan fingerprint density at radius 2 is 2.20 bits per heavy atom. The summed E-state index contributed by atoms with van der Waals surface area (Å²) in [5, 5.41) is 17.7. The Kier molecular flexibility index (Phi) is 3.86. The molecule has 0 atom stereocenters. The molecule has 1 rings (SSSR count). The molecule has 0 aliphatic heterocycles. The molecule has 0 saturated heterocycles. The molecule has 0 heterocycles. The number of nitriles is 1. The highest BCUT2D eigenvalue weighted by molar-refractivity contribution is 5.39. The number of aryl methyl sites for hydroxylation is 1. The number of phenolic OH excluding ortho intramolecular Hbond substituents is 1. The fraction of sp³-hybridized carbons (Fsp3) is 0.300. The number of rotatable bonds is 4. The van der Waals surface area contributed by atoms with E-state index in [0.29, 0.717) is 12.0 Å². The first-order valence-electron chi connectivity index (χ1n) is 4.27. The number of halogens is 2. The summed E-state index contributed by atoms with van der Waals surface area (Å²) in [6, 6.07) is 5.83. The van der Waals surface area contributed by atoms with Gasteiger partial charge < -0.3 is 9.84 Å². The zero-order valence-electron chi connectivity index (χ0n) is 7.78. The monoisotopic (exact) mass is 213 g/mol. The van der Waals surface area contributed by atoms with Gasteiger partial charge in [0.2, 0.25) is 0 Å². The molecule has 0 spiro atoms. The van der Waals surface area contributed by atoms with Crippen molar-refractivity contribution in [1.82, 2.24) is 0 Å². The Morgan fingerprint density at radius 1 is 1.47 bits per heavy atom. The first-order chi connectivity index (χ1) is 7.13. The smallest absolute Gasteiger partial charge is 0.387 e. The maximum Gasteiger partial charge on any atom is 0.387 e. The van der Waals surface area contributed by atoms with Gasteiger partial charge in [-0.3, -0.25) is 0 Å². The van der Waals surface area contributed by atoms with Crippen molar-refractivity contribution >= 4 is 0 Å². The lowest BCUT2D eigenvalue weighted by molar-refractivity contribution is -0.0499. The van der Waals surface area contributed by atoms with Gasteiger partial charge in [-0.05, 0) is 18.1 Å². The molecule has 0 aromatic heterocycles. The van der Waals surface area contributed by atoms with Crippen molar-refractivity contribution in [2.45, 2.75) is 19.5 Å². The van der Waals surface area contributed by atoms with Gasteiger partial charge in [-0.1, -0.05) is 6.07 Å². The van der Waals surface area contributed by atoms with E-state index in [9.17, 15) is 13.9 Å². The fourth-order valence-electron chi connectivity index (χ4n) is 1.12. The second-order valence-electron chi connectivity index (χ2n) is 2.83. The van der Waals surface area contributed by atoms with Gasteiger partial charge in [0, 0.05) is 12.5 Å². The molecule has 1 N–H and O–H groups in total. The third-order valence-electron chi connectivity index (χ3n) is 1.79. The molecule has 0 fully saturated rings. The van der Waals surface area contributed by atoms with Crippen LogP contribution in [0.3, 0.4) is 0 Å². The van der Waals surface area contributed by atoms with Crippen molar-refractivity contribution in [1.29, 1.82) is 5.26 Å². The Bertz CT molecular complexity index is 374. The van der Waals surface area contributed by atoms with Crippen molar-refractivity contribution in [3.05, 3.63) is 23.8 Å². The molecule has 15 heavy (non-hydrogen) atoms. The van der Waals surface area contributed by atoms with Crippen LogP contribution in [0.15, 0.2) is 18.2 Å². The molecule has 0 aliphatic rings. The van der Waals surface area contributed by atoms with Crippen LogP contribution in [0.5, 0.6) is 11.5 Å². The standard InChI is InChI=1S/C10H9F2NO2/c11-10(12)15-8-4-3-7(2-1-5-13)9(14)6-8/h3-4,6,10,14H,1-2H2. The van der Waals surface area contributed by atoms with Gasteiger partial charge in [0.15, 0.2) is 0 Å². The van der Waals surface area contributed by atoms with E-state index in [-0.39, 0.29) is 17.9 Å². The second-order valence-corrected chi connectivity index (χ2v) is 2.83. The molecule has 5 heteroatoms. The van der Waals surface area contributed by atoms with E-state index in [2.05, 4.69) is 4.74 Å². The van der Waals surface area contributed by atoms with E-state index in [0.717, 1.165) is 6.07 Å². The first kappa shape index (κ1) is 11.2. The van der Waals surface area contributed by atoms with Crippen LogP contribution in [-0.2, 0) is 6.42 Å². The zero-order chi connectivity index (χ0) is 11.3. The molecule has 1 aromatic rings. The van der Waals surface area contributed by atoms with E-state index < -0.39 is 6.61 Å². The topological polar surface area (TPSA) is 53.2 Å². The SMILES string of the molecule is N#CCCc1ccc(OC(F)F)cc1O. The van der Waals surface area contributed by atoms with Crippen LogP contribution < -0.4 is 4.74 Å². The molecule has 0 bridgehead atoms. The van der Waals surface area contributed by atoms with Crippen LogP contribution >= 0.6 is 0 Å². The highest BCUT2D eigenvalue weighted by atomic mass is 19.3. The average Bonchev–Trinajstić information content (AvgIpc) is 2.15. The minimum atomic E-state index is -2.91. The van der Waals surface area contributed by atoms with Crippen molar-refractivity contribution in [2.75, 3.05) is 0 Å². The maximum atomic E-state index is 11.8. The largest absolute Gasteiger partial charge is 0.508 e. The summed E-state index contributed by atoms with van der Waals surface area (Å²) < 4.78 is 27.7. The van der Waals surface area contributed by atoms with Crippen molar-refractivity contribution < 1.29 is 18.6 Å². The summed E-state index contributed by atoms with van der Waals surface area (Å²) in [5.41, 5.74) is 0.540. The lowest BCUT2D eigenvalue weighted by Crippen LogP contribution is -2.01. The van der Waals surface area contributed by atoms with Gasteiger partial charge >= 0.3 is 6.61 Å². The molecule has 3 nitrogen and oxygen atoms in total. The number of ether oxygens (including phenoxy) is 1. The number of phenols is 1. The Balaban J connectivity index is 2.75. The number of nitrogens with zero attached hydrogens (tertiary/aromatic N) is 1. The average molecular weight is 213 g/mol. The van der Waals surface area contributed by atoms with Crippen LogP contribution in [0.2, 0.25) is 0 Å². The van der Waals surface area contributed by atoms with E-state index in [1.807, 2.05) is 6.07 Å². The Morgan fingerprint density at radius 3 is 2.73 bits per heavy atom. The third-order valence-corrected chi connectivity index (χ3v) is 1.79. The molecule has 0 unspecified atom stereocenters. The van der Waals surface area contributed by atoms with Crippen LogP contribution in [-0.4, -0.2) is 11.7 Å². The van der Waals surface area contributed by atoms with Gasteiger partial charge in [0.25, 0.3) is 0 Å². The summed E-state index contributed by atoms with van der Waals surface area (Å²) in [5.74, 6) is -0.230. The number of hydrogen-bond acceptors (Lipinski definition) is 3. The minimum Gasteiger partial charge on any atom is -0.508 e. The van der Waals surface area contributed by atoms with Gasteiger partial charge in [-0.2, -0.15) is 14.0 Å². The highest BCUT2D eigenvalue weighted by Crippen LogP contribution is 2.25. The summed E-state index contributed by atoms with van der Waals surface area (Å²) >= 11 is 0. The second kappa shape index (κ2) is 5.15. The van der Waals surface area contributed by atoms with E-state index in [1.165, 1.54) is 12.1 Å². The van der Waals surface area contributed by atoms with Crippen LogP contribution in [0, 0.1) is 11.3 Å². The van der Waals surface area contributed by atoms with Crippen molar-refractivity contribution in [3.63, 3.8) is 0 Å². The van der Waals surface area contributed by atoms with Crippen molar-refractivity contribution in [3.8, 4) is 17.6 Å². The zero-order valence-corrected chi connectivity index (χ0v) is 7.78. The molecule has 1 aromatic carbocycles. The number of benzene rings is 1. The predicted molar refractivity (Wildman–Crippen MR) is 48.7 cm³/mol. The molecular weight excluding hydrogens is 204 g/mol. The summed E-state index contributed by atoms with van der Waals surface area (Å²) in [6.45, 7) is -2.91. The summed E-state index contributed by atoms with van der Waals surface area (Å²) in [6.07, 6.45) is 0.653. The number of aromatic hydroxyl groups is 1. The lowest BCUT2D eigenvalue weighted by Gasteiger charge is -2.07. The highest BCUT2D eigenvalue weighted by Gasteiger charge is 2.07. The number of alkyl halides is 2. The van der Waals surface area contributed by atoms with Crippen LogP contribution in [0.4, 0.5) is 8.78 Å². The lowest BCUT2D eigenvalue weighted by atomic mass is 10.1. The minimum absolute atomic E-state index is 0.0943. The quantitative estimate of drug-likeness (QED) is 0.835.